The molecule has 0 radical (unpaired) electrons. The highest BCUT2D eigenvalue weighted by molar-refractivity contribution is 7.89. The summed E-state index contributed by atoms with van der Waals surface area (Å²) >= 11 is 0. The number of piperidine rings is 1. The average Bonchev–Trinajstić information content (AvgIpc) is 3.24. The van der Waals surface area contributed by atoms with Crippen LogP contribution in [0.4, 0.5) is 0 Å². The Kier molecular flexibility index (Phi) is 7.19. The Labute approximate surface area is 206 Å². The van der Waals surface area contributed by atoms with Gasteiger partial charge in [0, 0.05) is 36.4 Å². The first kappa shape index (κ1) is 25.2. The number of para-hydroxylation sites is 1. The van der Waals surface area contributed by atoms with Gasteiger partial charge in [0.1, 0.15) is 10.6 Å². The Morgan fingerprint density at radius 1 is 1.09 bits per heavy atom. The molecule has 0 amide bonds. The van der Waals surface area contributed by atoms with Gasteiger partial charge < -0.3 is 9.30 Å². The van der Waals surface area contributed by atoms with E-state index in [0.717, 1.165) is 10.8 Å². The van der Waals surface area contributed by atoms with Crippen LogP contribution in [0.1, 0.15) is 24.0 Å². The normalized spacial score (nSPS) is 15.8. The number of fused-ring (bicyclic) bond motifs is 1. The van der Waals surface area contributed by atoms with Crippen LogP contribution in [0, 0.1) is 17.2 Å². The fraction of sp³-hybridized carbons (Fsp3) is 0.375. The predicted molar refractivity (Wildman–Crippen MR) is 133 cm³/mol. The van der Waals surface area contributed by atoms with Crippen molar-refractivity contribution in [2.24, 2.45) is 5.92 Å². The van der Waals surface area contributed by atoms with Crippen molar-refractivity contribution in [1.29, 1.82) is 5.26 Å². The van der Waals surface area contributed by atoms with E-state index in [9.17, 15) is 16.8 Å². The third-order valence-corrected chi connectivity index (χ3v) is 9.04. The van der Waals surface area contributed by atoms with Crippen molar-refractivity contribution < 1.29 is 21.6 Å². The average molecular weight is 517 g/mol. The smallest absolute Gasteiger partial charge is 0.244 e. The number of nitrogens with one attached hydrogen (secondary N) is 1. The second-order valence-electron chi connectivity index (χ2n) is 8.75. The van der Waals surface area contributed by atoms with E-state index in [1.165, 1.54) is 23.7 Å². The Morgan fingerprint density at radius 3 is 2.46 bits per heavy atom. The lowest BCUT2D eigenvalue weighted by Gasteiger charge is -2.30. The Morgan fingerprint density at radius 2 is 1.80 bits per heavy atom. The maximum atomic E-state index is 12.7. The van der Waals surface area contributed by atoms with Crippen molar-refractivity contribution in [3.63, 3.8) is 0 Å². The van der Waals surface area contributed by atoms with Crippen LogP contribution in [0.5, 0.6) is 5.75 Å². The fourth-order valence-corrected chi connectivity index (χ4v) is 6.12. The van der Waals surface area contributed by atoms with Gasteiger partial charge in [-0.1, -0.05) is 18.2 Å². The van der Waals surface area contributed by atoms with E-state index in [2.05, 4.69) is 10.8 Å². The van der Waals surface area contributed by atoms with E-state index in [0.29, 0.717) is 56.0 Å². The Bertz CT molecular complexity index is 1480. The molecule has 9 nitrogen and oxygen atoms in total. The Balaban J connectivity index is 1.60. The minimum atomic E-state index is -3.77. The number of nitrogens with zero attached hydrogens (tertiary/aromatic N) is 3. The second-order valence-corrected chi connectivity index (χ2v) is 12.6. The van der Waals surface area contributed by atoms with Crippen LogP contribution in [0.2, 0.25) is 0 Å². The molecule has 1 aromatic heterocycles. The lowest BCUT2D eigenvalue weighted by molar-refractivity contribution is 0.181. The molecule has 0 aliphatic carbocycles. The predicted octanol–water partition coefficient (Wildman–Crippen LogP) is 2.52. The molecule has 0 spiro atoms. The first-order valence-electron chi connectivity index (χ1n) is 11.2. The van der Waals surface area contributed by atoms with Gasteiger partial charge in [0.25, 0.3) is 0 Å². The van der Waals surface area contributed by atoms with Gasteiger partial charge in [0.05, 0.1) is 31.0 Å². The first-order chi connectivity index (χ1) is 16.6. The number of aromatic nitrogens is 1. The Hall–Kier alpha value is -2.91. The van der Waals surface area contributed by atoms with E-state index in [-0.39, 0.29) is 10.8 Å². The number of rotatable bonds is 8. The monoisotopic (exact) mass is 516 g/mol. The summed E-state index contributed by atoms with van der Waals surface area (Å²) in [5, 5.41) is 11.1. The second kappa shape index (κ2) is 9.99. The summed E-state index contributed by atoms with van der Waals surface area (Å²) in [6.07, 6.45) is 6.36. The zero-order valence-corrected chi connectivity index (χ0v) is 21.3. The van der Waals surface area contributed by atoms with Crippen LogP contribution in [-0.2, 0) is 26.6 Å². The van der Waals surface area contributed by atoms with Gasteiger partial charge in [-0.2, -0.15) is 5.26 Å². The SMILES string of the molecule is CNS(=O)(=O)c1cccc(Cn2cc3ccc(C#N)cc3c2)c1OCC1CCN(S(C)(=O)=O)CC1. The molecule has 2 heterocycles. The molecule has 0 bridgehead atoms. The topological polar surface area (TPSA) is 122 Å². The summed E-state index contributed by atoms with van der Waals surface area (Å²) in [6.45, 7) is 1.53. The van der Waals surface area contributed by atoms with Crippen LogP contribution >= 0.6 is 0 Å². The summed E-state index contributed by atoms with van der Waals surface area (Å²) < 4.78 is 61.0. The molecule has 3 aromatic rings. The molecule has 4 rings (SSSR count). The molecule has 1 saturated heterocycles. The molecule has 0 saturated carbocycles. The minimum Gasteiger partial charge on any atom is -0.492 e. The van der Waals surface area contributed by atoms with E-state index in [1.54, 1.807) is 12.1 Å². The van der Waals surface area contributed by atoms with Gasteiger partial charge in [0.2, 0.25) is 20.0 Å². The van der Waals surface area contributed by atoms with Crippen molar-refractivity contribution in [3.05, 3.63) is 59.9 Å². The molecule has 0 unspecified atom stereocenters. The molecule has 11 heteroatoms. The standard InChI is InChI=1S/C24H28N4O5S2/c1-26-35(31,32)23-5-3-4-21(15-27-14-20-7-6-19(13-25)12-22(20)16-27)24(23)33-17-18-8-10-28(11-9-18)34(2,29)30/h3-7,12,14,16,18,26H,8-11,15,17H2,1-2H3. The van der Waals surface area contributed by atoms with Crippen LogP contribution in [-0.4, -0.2) is 58.7 Å². The van der Waals surface area contributed by atoms with Crippen molar-refractivity contribution in [2.45, 2.75) is 24.3 Å². The van der Waals surface area contributed by atoms with Crippen molar-refractivity contribution >= 4 is 30.8 Å². The highest BCUT2D eigenvalue weighted by Crippen LogP contribution is 2.31. The molecule has 2 aromatic carbocycles. The summed E-state index contributed by atoms with van der Waals surface area (Å²) in [5.74, 6) is 0.410. The van der Waals surface area contributed by atoms with Crippen molar-refractivity contribution in [2.75, 3.05) is 33.0 Å². The molecule has 1 fully saturated rings. The zero-order chi connectivity index (χ0) is 25.2. The molecular weight excluding hydrogens is 488 g/mol. The molecule has 0 atom stereocenters. The molecule has 1 aliphatic heterocycles. The number of benzene rings is 2. The van der Waals surface area contributed by atoms with Gasteiger partial charge in [-0.25, -0.2) is 25.9 Å². The third-order valence-electron chi connectivity index (χ3n) is 6.30. The van der Waals surface area contributed by atoms with Gasteiger partial charge in [-0.05, 0) is 49.4 Å². The first-order valence-corrected chi connectivity index (χ1v) is 14.6. The van der Waals surface area contributed by atoms with Crippen LogP contribution in [0.15, 0.2) is 53.7 Å². The zero-order valence-electron chi connectivity index (χ0n) is 19.6. The summed E-state index contributed by atoms with van der Waals surface area (Å²) in [7, 11) is -5.63. The number of ether oxygens (including phenoxy) is 1. The summed E-state index contributed by atoms with van der Waals surface area (Å²) in [5.41, 5.74) is 1.28. The molecule has 186 valence electrons. The number of nitriles is 1. The lowest BCUT2D eigenvalue weighted by Crippen LogP contribution is -2.39. The maximum Gasteiger partial charge on any atom is 0.244 e. The highest BCUT2D eigenvalue weighted by Gasteiger charge is 2.27. The quantitative estimate of drug-likeness (QED) is 0.491. The van der Waals surface area contributed by atoms with Gasteiger partial charge in [0.15, 0.2) is 0 Å². The van der Waals surface area contributed by atoms with Gasteiger partial charge >= 0.3 is 0 Å². The van der Waals surface area contributed by atoms with E-state index < -0.39 is 20.0 Å². The summed E-state index contributed by atoms with van der Waals surface area (Å²) in [6, 6.07) is 12.6. The minimum absolute atomic E-state index is 0.0644. The van der Waals surface area contributed by atoms with E-state index >= 15 is 0 Å². The molecule has 1 aliphatic rings. The van der Waals surface area contributed by atoms with Crippen molar-refractivity contribution in [1.82, 2.24) is 13.6 Å². The van der Waals surface area contributed by atoms with Crippen LogP contribution in [0.3, 0.4) is 0 Å². The van der Waals surface area contributed by atoms with Crippen LogP contribution < -0.4 is 9.46 Å². The van der Waals surface area contributed by atoms with Crippen molar-refractivity contribution in [3.8, 4) is 11.8 Å². The fourth-order valence-electron chi connectivity index (χ4n) is 4.34. The molecular formula is C24H28N4O5S2. The maximum absolute atomic E-state index is 12.7. The largest absolute Gasteiger partial charge is 0.492 e. The highest BCUT2D eigenvalue weighted by atomic mass is 32.2. The molecule has 1 N–H and O–H groups in total. The van der Waals surface area contributed by atoms with E-state index in [4.69, 9.17) is 10.00 Å². The van der Waals surface area contributed by atoms with Gasteiger partial charge in [-0.15, -0.1) is 0 Å². The molecule has 35 heavy (non-hydrogen) atoms. The number of hydrogen-bond donors (Lipinski definition) is 1. The third kappa shape index (κ3) is 5.67. The number of hydrogen-bond acceptors (Lipinski definition) is 6. The van der Waals surface area contributed by atoms with E-state index in [1.807, 2.05) is 35.2 Å². The number of sulfonamides is 2. The van der Waals surface area contributed by atoms with Gasteiger partial charge in [-0.3, -0.25) is 0 Å². The lowest BCUT2D eigenvalue weighted by atomic mass is 9.99. The summed E-state index contributed by atoms with van der Waals surface area (Å²) in [4.78, 5) is 0.0644. The van der Waals surface area contributed by atoms with Crippen LogP contribution in [0.25, 0.3) is 10.8 Å².